The number of aromatic nitrogens is 1. The van der Waals surface area contributed by atoms with Crippen LogP contribution < -0.4 is 0 Å². The van der Waals surface area contributed by atoms with E-state index in [4.69, 9.17) is 4.74 Å². The number of amides is 1. The van der Waals surface area contributed by atoms with Crippen molar-refractivity contribution in [2.75, 3.05) is 13.2 Å². The molecule has 0 N–H and O–H groups in total. The van der Waals surface area contributed by atoms with Crippen LogP contribution in [-0.4, -0.2) is 40.7 Å². The molecule has 0 spiro atoms. The number of likely N-dealkylation sites (tertiary alicyclic amines) is 1. The minimum Gasteiger partial charge on any atom is -0.375 e. The summed E-state index contributed by atoms with van der Waals surface area (Å²) in [7, 11) is 1.92. The Balaban J connectivity index is 1.71. The fourth-order valence-electron chi connectivity index (χ4n) is 3.56. The van der Waals surface area contributed by atoms with Crippen molar-refractivity contribution in [2.45, 2.75) is 38.8 Å². The first-order chi connectivity index (χ1) is 9.58. The number of hydrogen-bond donors (Lipinski definition) is 0. The molecule has 2 aliphatic rings. The van der Waals surface area contributed by atoms with Gasteiger partial charge in [-0.15, -0.1) is 0 Å². The van der Waals surface area contributed by atoms with Gasteiger partial charge in [-0.1, -0.05) is 13.8 Å². The molecule has 1 aromatic heterocycles. The van der Waals surface area contributed by atoms with Crippen molar-refractivity contribution in [3.8, 4) is 0 Å². The summed E-state index contributed by atoms with van der Waals surface area (Å²) < 4.78 is 7.98. The van der Waals surface area contributed by atoms with E-state index in [0.29, 0.717) is 11.8 Å². The second-order valence-electron chi connectivity index (χ2n) is 6.56. The van der Waals surface area contributed by atoms with E-state index < -0.39 is 0 Å². The van der Waals surface area contributed by atoms with Crippen LogP contribution in [0.5, 0.6) is 0 Å². The van der Waals surface area contributed by atoms with Crippen LogP contribution in [0.1, 0.15) is 37.2 Å². The van der Waals surface area contributed by atoms with Crippen LogP contribution in [0.15, 0.2) is 18.3 Å². The van der Waals surface area contributed by atoms with Gasteiger partial charge in [0.1, 0.15) is 5.69 Å². The van der Waals surface area contributed by atoms with E-state index in [2.05, 4.69) is 13.8 Å². The molecule has 110 valence electrons. The molecule has 0 radical (unpaired) electrons. The minimum absolute atomic E-state index is 0.155. The number of nitrogens with zero attached hydrogens (tertiary/aromatic N) is 2. The molecule has 1 saturated heterocycles. The van der Waals surface area contributed by atoms with Crippen LogP contribution in [0, 0.1) is 11.8 Å². The molecule has 1 aromatic rings. The maximum Gasteiger partial charge on any atom is 0.270 e. The van der Waals surface area contributed by atoms with Crippen LogP contribution in [0.2, 0.25) is 0 Å². The largest absolute Gasteiger partial charge is 0.375 e. The highest BCUT2D eigenvalue weighted by Crippen LogP contribution is 2.40. The summed E-state index contributed by atoms with van der Waals surface area (Å²) in [6.07, 6.45) is 4.46. The molecule has 1 amide bonds. The smallest absolute Gasteiger partial charge is 0.270 e. The first-order valence-electron chi connectivity index (χ1n) is 7.62. The minimum atomic E-state index is 0.155. The second kappa shape index (κ2) is 5.24. The maximum atomic E-state index is 12.7. The van der Waals surface area contributed by atoms with Crippen molar-refractivity contribution >= 4 is 5.91 Å². The molecule has 4 heteroatoms. The van der Waals surface area contributed by atoms with Crippen LogP contribution in [0.3, 0.4) is 0 Å². The fourth-order valence-corrected chi connectivity index (χ4v) is 3.56. The number of hydrogen-bond acceptors (Lipinski definition) is 2. The van der Waals surface area contributed by atoms with Gasteiger partial charge in [-0.3, -0.25) is 4.79 Å². The van der Waals surface area contributed by atoms with Crippen LogP contribution in [0.4, 0.5) is 0 Å². The molecule has 2 fully saturated rings. The van der Waals surface area contributed by atoms with E-state index in [1.165, 1.54) is 6.42 Å². The average Bonchev–Trinajstić information content (AvgIpc) is 3.09. The van der Waals surface area contributed by atoms with Crippen molar-refractivity contribution in [1.29, 1.82) is 0 Å². The van der Waals surface area contributed by atoms with Crippen LogP contribution in [0.25, 0.3) is 0 Å². The highest BCUT2D eigenvalue weighted by Gasteiger charge is 2.49. The Morgan fingerprint density at radius 2 is 2.25 bits per heavy atom. The number of carbonyl (C=O) groups is 1. The Bertz CT molecular complexity index is 494. The zero-order chi connectivity index (χ0) is 14.3. The van der Waals surface area contributed by atoms with Crippen molar-refractivity contribution in [2.24, 2.45) is 18.9 Å². The zero-order valence-corrected chi connectivity index (χ0v) is 12.6. The summed E-state index contributed by atoms with van der Waals surface area (Å²) in [6.45, 7) is 5.99. The van der Waals surface area contributed by atoms with Gasteiger partial charge in [-0.05, 0) is 30.9 Å². The molecule has 2 heterocycles. The lowest BCUT2D eigenvalue weighted by atomic mass is 10.1. The van der Waals surface area contributed by atoms with Crippen LogP contribution >= 0.6 is 0 Å². The Hall–Kier alpha value is -1.29. The van der Waals surface area contributed by atoms with Crippen LogP contribution in [-0.2, 0) is 11.8 Å². The molecule has 0 aromatic carbocycles. The quantitative estimate of drug-likeness (QED) is 0.845. The van der Waals surface area contributed by atoms with E-state index >= 15 is 0 Å². The molecule has 3 rings (SSSR count). The third-order valence-electron chi connectivity index (χ3n) is 4.55. The molecular weight excluding hydrogens is 252 g/mol. The van der Waals surface area contributed by atoms with Gasteiger partial charge in [0.2, 0.25) is 0 Å². The van der Waals surface area contributed by atoms with Crippen molar-refractivity contribution in [3.05, 3.63) is 24.0 Å². The lowest BCUT2D eigenvalue weighted by molar-refractivity contribution is 0.0129. The first-order valence-corrected chi connectivity index (χ1v) is 7.62. The Morgan fingerprint density at radius 3 is 2.90 bits per heavy atom. The fraction of sp³-hybridized carbons (Fsp3) is 0.688. The molecule has 1 aliphatic carbocycles. The number of piperidine rings is 1. The Labute approximate surface area is 120 Å². The number of carbonyl (C=O) groups excluding carboxylic acids is 1. The Morgan fingerprint density at radius 1 is 1.45 bits per heavy atom. The highest BCUT2D eigenvalue weighted by atomic mass is 16.5. The Kier molecular flexibility index (Phi) is 3.59. The number of aryl methyl sites for hydroxylation is 1. The van der Waals surface area contributed by atoms with Gasteiger partial charge in [0.15, 0.2) is 0 Å². The molecule has 1 saturated carbocycles. The van der Waals surface area contributed by atoms with E-state index in [-0.39, 0.29) is 18.1 Å². The summed E-state index contributed by atoms with van der Waals surface area (Å²) in [6, 6.07) is 4.10. The molecule has 3 atom stereocenters. The van der Waals surface area contributed by atoms with Gasteiger partial charge in [-0.25, -0.2) is 0 Å². The number of rotatable bonds is 4. The normalized spacial score (nSPS) is 28.6. The van der Waals surface area contributed by atoms with Gasteiger partial charge < -0.3 is 14.2 Å². The van der Waals surface area contributed by atoms with Gasteiger partial charge >= 0.3 is 0 Å². The third kappa shape index (κ3) is 2.26. The molecule has 0 unspecified atom stereocenters. The summed E-state index contributed by atoms with van der Waals surface area (Å²) in [5, 5.41) is 0. The van der Waals surface area contributed by atoms with Crippen molar-refractivity contribution in [3.63, 3.8) is 0 Å². The van der Waals surface area contributed by atoms with Gasteiger partial charge in [0.05, 0.1) is 12.1 Å². The molecule has 20 heavy (non-hydrogen) atoms. The molecule has 1 aliphatic heterocycles. The van der Waals surface area contributed by atoms with Gasteiger partial charge in [0.25, 0.3) is 5.91 Å². The number of fused-ring (bicyclic) bond motifs is 2. The predicted octanol–water partition coefficient (Wildman–Crippen LogP) is 2.30. The first kappa shape index (κ1) is 13.7. The summed E-state index contributed by atoms with van der Waals surface area (Å²) in [5.74, 6) is 1.23. The standard InChI is InChI=1S/C16H24N2O2/c1-11(2)10-20-15-12-6-7-13(15)18(9-12)16(19)14-5-4-8-17(14)3/h4-5,8,11-13,15H,6-7,9-10H2,1-3H3/t12-,13+,15-/m0/s1. The topological polar surface area (TPSA) is 34.5 Å². The summed E-state index contributed by atoms with van der Waals surface area (Å²) in [5.41, 5.74) is 0.778. The summed E-state index contributed by atoms with van der Waals surface area (Å²) in [4.78, 5) is 14.7. The van der Waals surface area contributed by atoms with Gasteiger partial charge in [0, 0.05) is 32.3 Å². The molecule has 2 bridgehead atoms. The molecular formula is C16H24N2O2. The average molecular weight is 276 g/mol. The SMILES string of the molecule is CC(C)CO[C@H]1[C@H]2CC[C@H]1N(C(=O)c1cccn1C)C2. The van der Waals surface area contributed by atoms with Gasteiger partial charge in [-0.2, -0.15) is 0 Å². The lowest BCUT2D eigenvalue weighted by Gasteiger charge is -2.27. The predicted molar refractivity (Wildman–Crippen MR) is 77.5 cm³/mol. The van der Waals surface area contributed by atoms with E-state index in [9.17, 15) is 4.79 Å². The lowest BCUT2D eigenvalue weighted by Crippen LogP contribution is -2.40. The summed E-state index contributed by atoms with van der Waals surface area (Å²) >= 11 is 0. The van der Waals surface area contributed by atoms with Crippen molar-refractivity contribution < 1.29 is 9.53 Å². The zero-order valence-electron chi connectivity index (χ0n) is 12.6. The van der Waals surface area contributed by atoms with E-state index in [1.807, 2.05) is 34.8 Å². The second-order valence-corrected chi connectivity index (χ2v) is 6.56. The highest BCUT2D eigenvalue weighted by molar-refractivity contribution is 5.93. The maximum absolute atomic E-state index is 12.7. The number of ether oxygens (including phenoxy) is 1. The van der Waals surface area contributed by atoms with E-state index in [0.717, 1.165) is 25.3 Å². The van der Waals surface area contributed by atoms with E-state index in [1.54, 1.807) is 0 Å². The monoisotopic (exact) mass is 276 g/mol. The molecule has 4 nitrogen and oxygen atoms in total. The third-order valence-corrected chi connectivity index (χ3v) is 4.55. The van der Waals surface area contributed by atoms with Crippen molar-refractivity contribution in [1.82, 2.24) is 9.47 Å².